The zero-order valence-corrected chi connectivity index (χ0v) is 22.5. The molecule has 1 saturated carbocycles. The Balaban J connectivity index is 1.70. The van der Waals surface area contributed by atoms with Crippen molar-refractivity contribution < 1.29 is 14.4 Å². The van der Waals surface area contributed by atoms with Crippen molar-refractivity contribution in [2.45, 2.75) is 90.5 Å². The van der Waals surface area contributed by atoms with Crippen molar-refractivity contribution in [3.8, 4) is 11.1 Å². The molecular weight excluding hydrogens is 462 g/mol. The summed E-state index contributed by atoms with van der Waals surface area (Å²) in [5.41, 5.74) is 9.86. The van der Waals surface area contributed by atoms with Gasteiger partial charge in [-0.05, 0) is 61.3 Å². The summed E-state index contributed by atoms with van der Waals surface area (Å²) in [6.07, 6.45) is 8.42. The van der Waals surface area contributed by atoms with E-state index in [9.17, 15) is 14.4 Å². The number of carbonyl (C=O) groups is 3. The molecule has 37 heavy (non-hydrogen) atoms. The van der Waals surface area contributed by atoms with Crippen LogP contribution in [-0.2, 0) is 14.4 Å². The van der Waals surface area contributed by atoms with E-state index >= 15 is 0 Å². The van der Waals surface area contributed by atoms with Crippen molar-refractivity contribution >= 4 is 29.1 Å². The number of carbonyl (C=O) groups excluding carboxylic acids is 3. The van der Waals surface area contributed by atoms with Crippen LogP contribution in [0.2, 0.25) is 0 Å². The lowest BCUT2D eigenvalue weighted by atomic mass is 9.86. The molecule has 2 atom stereocenters. The molecule has 6 nitrogen and oxygen atoms in total. The SMILES string of the molecule is CCC(CC)C[C@H](NC(=O)CC1CCCCC1)C(=O)N1C(=O)C(C)c2ccccc2-c2c(N)cccc21. The number of hydrogen-bond donors (Lipinski definition) is 2. The Bertz CT molecular complexity index is 1130. The predicted molar refractivity (Wildman–Crippen MR) is 149 cm³/mol. The van der Waals surface area contributed by atoms with Gasteiger partial charge < -0.3 is 11.1 Å². The number of nitrogen functional groups attached to an aromatic ring is 1. The third-order valence-electron chi connectivity index (χ3n) is 8.38. The van der Waals surface area contributed by atoms with Gasteiger partial charge >= 0.3 is 0 Å². The molecule has 2 aromatic rings. The third-order valence-corrected chi connectivity index (χ3v) is 8.38. The average Bonchev–Trinajstić information content (AvgIpc) is 3.00. The van der Waals surface area contributed by atoms with E-state index in [-0.39, 0.29) is 23.6 Å². The van der Waals surface area contributed by atoms with Gasteiger partial charge in [0.2, 0.25) is 11.8 Å². The quantitative estimate of drug-likeness (QED) is 0.420. The van der Waals surface area contributed by atoms with Crippen LogP contribution in [0.1, 0.15) is 90.0 Å². The number of rotatable bonds is 8. The van der Waals surface area contributed by atoms with E-state index in [0.29, 0.717) is 35.7 Å². The molecule has 0 saturated heterocycles. The number of fused-ring (bicyclic) bond motifs is 3. The molecule has 1 aliphatic heterocycles. The number of imide groups is 1. The number of nitrogens with two attached hydrogens (primary N) is 1. The molecule has 6 heteroatoms. The lowest BCUT2D eigenvalue weighted by Gasteiger charge is -2.30. The first-order valence-corrected chi connectivity index (χ1v) is 14.0. The molecule has 0 spiro atoms. The maximum Gasteiger partial charge on any atom is 0.256 e. The Morgan fingerprint density at radius 1 is 1.03 bits per heavy atom. The molecule has 2 aromatic carbocycles. The highest BCUT2D eigenvalue weighted by molar-refractivity contribution is 6.22. The molecule has 3 amide bonds. The highest BCUT2D eigenvalue weighted by atomic mass is 16.2. The topological polar surface area (TPSA) is 92.5 Å². The van der Waals surface area contributed by atoms with Crippen molar-refractivity contribution in [1.82, 2.24) is 5.32 Å². The van der Waals surface area contributed by atoms with Crippen LogP contribution in [0.25, 0.3) is 11.1 Å². The Morgan fingerprint density at radius 3 is 2.43 bits per heavy atom. The van der Waals surface area contributed by atoms with Gasteiger partial charge in [0.1, 0.15) is 6.04 Å². The van der Waals surface area contributed by atoms with Crippen LogP contribution in [-0.4, -0.2) is 23.8 Å². The Labute approximate surface area is 221 Å². The molecule has 4 rings (SSSR count). The lowest BCUT2D eigenvalue weighted by Crippen LogP contribution is -2.52. The normalized spacial score (nSPS) is 18.6. The third kappa shape index (κ3) is 5.73. The smallest absolute Gasteiger partial charge is 0.256 e. The molecule has 2 aliphatic rings. The van der Waals surface area contributed by atoms with Crippen LogP contribution in [0.3, 0.4) is 0 Å². The molecule has 0 radical (unpaired) electrons. The molecule has 0 bridgehead atoms. The maximum absolute atomic E-state index is 14.3. The molecule has 0 aromatic heterocycles. The highest BCUT2D eigenvalue weighted by Gasteiger charge is 2.39. The summed E-state index contributed by atoms with van der Waals surface area (Å²) in [6.45, 7) is 6.04. The van der Waals surface area contributed by atoms with Gasteiger partial charge in [0, 0.05) is 17.7 Å². The van der Waals surface area contributed by atoms with Crippen molar-refractivity contribution in [2.75, 3.05) is 10.6 Å². The molecule has 1 unspecified atom stereocenters. The van der Waals surface area contributed by atoms with Crippen LogP contribution in [0.4, 0.5) is 11.4 Å². The zero-order chi connectivity index (χ0) is 26.5. The second kappa shape index (κ2) is 11.9. The maximum atomic E-state index is 14.3. The Hall–Kier alpha value is -3.15. The summed E-state index contributed by atoms with van der Waals surface area (Å²) in [7, 11) is 0. The Morgan fingerprint density at radius 2 is 1.73 bits per heavy atom. The number of nitrogens with zero attached hydrogens (tertiary/aromatic N) is 1. The molecular formula is C31H41N3O3. The van der Waals surface area contributed by atoms with Crippen molar-refractivity contribution in [3.05, 3.63) is 48.0 Å². The minimum atomic E-state index is -0.771. The fraction of sp³-hybridized carbons (Fsp3) is 0.516. The lowest BCUT2D eigenvalue weighted by molar-refractivity contribution is -0.132. The van der Waals surface area contributed by atoms with Crippen LogP contribution in [0, 0.1) is 11.8 Å². The fourth-order valence-electron chi connectivity index (χ4n) is 6.05. The number of nitrogens with one attached hydrogen (secondary N) is 1. The van der Waals surface area contributed by atoms with Crippen LogP contribution >= 0.6 is 0 Å². The summed E-state index contributed by atoms with van der Waals surface area (Å²) < 4.78 is 0. The van der Waals surface area contributed by atoms with Crippen molar-refractivity contribution in [2.24, 2.45) is 11.8 Å². The number of amides is 3. The van der Waals surface area contributed by atoms with Gasteiger partial charge in [0.25, 0.3) is 5.91 Å². The van der Waals surface area contributed by atoms with Gasteiger partial charge in [0.15, 0.2) is 0 Å². The van der Waals surface area contributed by atoms with Gasteiger partial charge in [-0.3, -0.25) is 14.4 Å². The monoisotopic (exact) mass is 503 g/mol. The minimum Gasteiger partial charge on any atom is -0.398 e. The van der Waals surface area contributed by atoms with Crippen LogP contribution < -0.4 is 16.0 Å². The molecule has 3 N–H and O–H groups in total. The highest BCUT2D eigenvalue weighted by Crippen LogP contribution is 2.44. The van der Waals surface area contributed by atoms with E-state index in [4.69, 9.17) is 5.73 Å². The molecule has 1 aliphatic carbocycles. The predicted octanol–water partition coefficient (Wildman–Crippen LogP) is 6.19. The summed E-state index contributed by atoms with van der Waals surface area (Å²) in [6, 6.07) is 12.3. The van der Waals surface area contributed by atoms with Gasteiger partial charge in [0.05, 0.1) is 11.6 Å². The standard InChI is InChI=1S/C31H41N3O3/c1-4-21(5-2)18-26(33-28(35)19-22-12-7-6-8-13-22)31(37)34-27-17-11-16-25(32)29(27)24-15-10-9-14-23(24)20(3)30(34)36/h9-11,14-17,20-22,26H,4-8,12-13,18-19,32H2,1-3H3,(H,33,35)/t20?,26-/m0/s1. The van der Waals surface area contributed by atoms with Gasteiger partial charge in [-0.1, -0.05) is 76.3 Å². The first-order chi connectivity index (χ1) is 17.8. The average molecular weight is 504 g/mol. The summed E-state index contributed by atoms with van der Waals surface area (Å²) >= 11 is 0. The Kier molecular flexibility index (Phi) is 8.67. The summed E-state index contributed by atoms with van der Waals surface area (Å²) in [5.74, 6) is -0.659. The molecule has 198 valence electrons. The van der Waals surface area contributed by atoms with E-state index in [1.165, 1.54) is 11.3 Å². The first-order valence-electron chi connectivity index (χ1n) is 14.0. The number of benzene rings is 2. The first kappa shape index (κ1) is 26.9. The van der Waals surface area contributed by atoms with Gasteiger partial charge in [-0.15, -0.1) is 0 Å². The minimum absolute atomic E-state index is 0.0948. The van der Waals surface area contributed by atoms with E-state index in [2.05, 4.69) is 19.2 Å². The fourth-order valence-corrected chi connectivity index (χ4v) is 6.05. The number of hydrogen-bond acceptors (Lipinski definition) is 4. The van der Waals surface area contributed by atoms with Crippen LogP contribution in [0.5, 0.6) is 0 Å². The van der Waals surface area contributed by atoms with Crippen molar-refractivity contribution in [1.29, 1.82) is 0 Å². The van der Waals surface area contributed by atoms with E-state index in [1.807, 2.05) is 31.2 Å². The van der Waals surface area contributed by atoms with E-state index in [1.54, 1.807) is 18.2 Å². The van der Waals surface area contributed by atoms with E-state index < -0.39 is 12.0 Å². The van der Waals surface area contributed by atoms with E-state index in [0.717, 1.165) is 49.7 Å². The van der Waals surface area contributed by atoms with Gasteiger partial charge in [-0.2, -0.15) is 0 Å². The summed E-state index contributed by atoms with van der Waals surface area (Å²) in [4.78, 5) is 42.7. The van der Waals surface area contributed by atoms with Crippen LogP contribution in [0.15, 0.2) is 42.5 Å². The van der Waals surface area contributed by atoms with Crippen molar-refractivity contribution in [3.63, 3.8) is 0 Å². The molecule has 1 heterocycles. The zero-order valence-electron chi connectivity index (χ0n) is 22.5. The second-order valence-electron chi connectivity index (χ2n) is 10.8. The largest absolute Gasteiger partial charge is 0.398 e. The van der Waals surface area contributed by atoms with Gasteiger partial charge in [-0.25, -0.2) is 4.90 Å². The number of anilines is 2. The molecule has 1 fully saturated rings. The summed E-state index contributed by atoms with van der Waals surface area (Å²) in [5, 5.41) is 3.07. The second-order valence-corrected chi connectivity index (χ2v) is 10.8.